The summed E-state index contributed by atoms with van der Waals surface area (Å²) in [5.41, 5.74) is 3.78. The van der Waals surface area contributed by atoms with Crippen molar-refractivity contribution in [1.29, 1.82) is 0 Å². The summed E-state index contributed by atoms with van der Waals surface area (Å²) in [7, 11) is 0. The molecule has 1 aromatic carbocycles. The zero-order valence-electron chi connectivity index (χ0n) is 18.9. The van der Waals surface area contributed by atoms with Crippen molar-refractivity contribution >= 4 is 22.9 Å². The van der Waals surface area contributed by atoms with Crippen LogP contribution in [0, 0.1) is 0 Å². The van der Waals surface area contributed by atoms with E-state index in [0.29, 0.717) is 24.4 Å². The number of aliphatic hydroxyl groups is 1. The number of furan rings is 1. The summed E-state index contributed by atoms with van der Waals surface area (Å²) in [4.78, 5) is 14.2. The number of anilines is 2. The first kappa shape index (κ1) is 21.5. The minimum Gasteiger partial charge on any atom is -0.464 e. The molecule has 1 aliphatic rings. The zero-order valence-corrected chi connectivity index (χ0v) is 18.9. The van der Waals surface area contributed by atoms with E-state index in [1.54, 1.807) is 6.26 Å². The summed E-state index contributed by atoms with van der Waals surface area (Å²) < 4.78 is 7.67. The van der Waals surface area contributed by atoms with E-state index >= 15 is 0 Å². The lowest BCUT2D eigenvalue weighted by atomic mass is 10.1. The Morgan fingerprint density at radius 1 is 1.15 bits per heavy atom. The van der Waals surface area contributed by atoms with Crippen molar-refractivity contribution in [3.8, 4) is 11.3 Å². The van der Waals surface area contributed by atoms with E-state index in [4.69, 9.17) is 14.4 Å². The number of rotatable bonds is 9. The van der Waals surface area contributed by atoms with E-state index in [2.05, 4.69) is 44.5 Å². The normalized spacial score (nSPS) is 15.2. The third-order valence-electron chi connectivity index (χ3n) is 6.41. The van der Waals surface area contributed by atoms with Gasteiger partial charge in [-0.05, 0) is 37.0 Å². The van der Waals surface area contributed by atoms with Gasteiger partial charge < -0.3 is 24.7 Å². The summed E-state index contributed by atoms with van der Waals surface area (Å²) in [5, 5.41) is 16.4. The molecule has 0 saturated heterocycles. The number of fused-ring (bicyclic) bond motifs is 1. The maximum absolute atomic E-state index is 9.64. The lowest BCUT2D eigenvalue weighted by molar-refractivity contribution is 0.271. The van der Waals surface area contributed by atoms with Crippen molar-refractivity contribution in [2.75, 3.05) is 17.2 Å². The van der Waals surface area contributed by atoms with Crippen molar-refractivity contribution in [3.05, 3.63) is 54.6 Å². The molecule has 4 aromatic rings. The topological polar surface area (TPSA) is 101 Å². The minimum absolute atomic E-state index is 0.0323. The van der Waals surface area contributed by atoms with Crippen LogP contribution in [0.2, 0.25) is 0 Å². The van der Waals surface area contributed by atoms with Crippen LogP contribution in [0.4, 0.5) is 11.8 Å². The molecule has 172 valence electrons. The van der Waals surface area contributed by atoms with E-state index in [-0.39, 0.29) is 12.6 Å². The third kappa shape index (κ3) is 4.57. The molecule has 1 atom stereocenters. The zero-order chi connectivity index (χ0) is 22.6. The van der Waals surface area contributed by atoms with E-state index < -0.39 is 0 Å². The van der Waals surface area contributed by atoms with Gasteiger partial charge in [-0.1, -0.05) is 44.0 Å². The number of nitrogens with one attached hydrogen (secondary N) is 2. The quantitative estimate of drug-likeness (QED) is 0.333. The van der Waals surface area contributed by atoms with Crippen LogP contribution >= 0.6 is 0 Å². The average molecular weight is 447 g/mol. The Morgan fingerprint density at radius 2 is 1.97 bits per heavy atom. The fraction of sp³-hybridized carbons (Fsp3) is 0.400. The van der Waals surface area contributed by atoms with Crippen LogP contribution in [0.25, 0.3) is 22.5 Å². The molecule has 33 heavy (non-hydrogen) atoms. The predicted molar refractivity (Wildman–Crippen MR) is 129 cm³/mol. The molecule has 0 aliphatic heterocycles. The van der Waals surface area contributed by atoms with E-state index in [1.165, 1.54) is 12.8 Å². The minimum atomic E-state index is -0.0905. The van der Waals surface area contributed by atoms with Gasteiger partial charge in [-0.3, -0.25) is 0 Å². The van der Waals surface area contributed by atoms with Crippen molar-refractivity contribution in [2.45, 2.75) is 57.7 Å². The number of hydrogen-bond donors (Lipinski definition) is 3. The van der Waals surface area contributed by atoms with Gasteiger partial charge in [0.2, 0.25) is 5.95 Å². The summed E-state index contributed by atoms with van der Waals surface area (Å²) in [6, 6.07) is 12.5. The molecule has 0 spiro atoms. The molecule has 0 unspecified atom stereocenters. The fourth-order valence-electron chi connectivity index (χ4n) is 4.43. The monoisotopic (exact) mass is 446 g/mol. The lowest BCUT2D eigenvalue weighted by Crippen LogP contribution is -2.24. The van der Waals surface area contributed by atoms with Gasteiger partial charge in [-0.25, -0.2) is 4.98 Å². The van der Waals surface area contributed by atoms with Gasteiger partial charge in [-0.15, -0.1) is 0 Å². The number of nitrogens with zero attached hydrogens (tertiary/aromatic N) is 4. The number of aliphatic hydroxyl groups excluding tert-OH is 1. The first-order valence-corrected chi connectivity index (χ1v) is 11.7. The molecule has 1 saturated carbocycles. The summed E-state index contributed by atoms with van der Waals surface area (Å²) in [5.74, 6) is 2.07. The Balaban J connectivity index is 1.41. The molecule has 1 aliphatic carbocycles. The number of imidazole rings is 1. The van der Waals surface area contributed by atoms with Crippen LogP contribution < -0.4 is 10.6 Å². The van der Waals surface area contributed by atoms with Crippen molar-refractivity contribution in [2.24, 2.45) is 0 Å². The van der Waals surface area contributed by atoms with Gasteiger partial charge in [0, 0.05) is 18.2 Å². The highest BCUT2D eigenvalue weighted by molar-refractivity contribution is 5.84. The second-order valence-corrected chi connectivity index (χ2v) is 8.62. The highest BCUT2D eigenvalue weighted by atomic mass is 16.3. The Morgan fingerprint density at radius 3 is 2.67 bits per heavy atom. The Hall–Kier alpha value is -3.39. The number of aromatic nitrogens is 4. The van der Waals surface area contributed by atoms with Crippen LogP contribution in [0.1, 0.15) is 50.6 Å². The number of benzene rings is 1. The Bertz CT molecular complexity index is 1180. The molecule has 0 radical (unpaired) electrons. The van der Waals surface area contributed by atoms with Crippen LogP contribution in [0.5, 0.6) is 0 Å². The largest absolute Gasteiger partial charge is 0.464 e. The van der Waals surface area contributed by atoms with Crippen LogP contribution in [0.3, 0.4) is 0 Å². The summed E-state index contributed by atoms with van der Waals surface area (Å²) >= 11 is 0. The smallest absolute Gasteiger partial charge is 0.227 e. The standard InChI is InChI=1S/C25H30N6O2/c1-2-19(15-32)28-25-29-23(22-24(30-25)31(16-27-22)20-6-3-4-7-20)26-14-17-9-11-18(12-10-17)21-8-5-13-33-21/h5,8-13,16,19-20,32H,2-4,6-7,14-15H2,1H3,(H2,26,28,29,30)/t19-/m1/s1. The van der Waals surface area contributed by atoms with Gasteiger partial charge in [-0.2, -0.15) is 9.97 Å². The molecular weight excluding hydrogens is 416 g/mol. The van der Waals surface area contributed by atoms with E-state index in [1.807, 2.05) is 25.4 Å². The van der Waals surface area contributed by atoms with E-state index in [9.17, 15) is 5.11 Å². The predicted octanol–water partition coefficient (Wildman–Crippen LogP) is 5.00. The van der Waals surface area contributed by atoms with E-state index in [0.717, 1.165) is 47.3 Å². The van der Waals surface area contributed by atoms with Crippen molar-refractivity contribution in [3.63, 3.8) is 0 Å². The molecule has 8 heteroatoms. The average Bonchev–Trinajstić information content (AvgIpc) is 3.62. The molecule has 1 fully saturated rings. The first-order chi connectivity index (χ1) is 16.2. The van der Waals surface area contributed by atoms with Crippen LogP contribution in [-0.4, -0.2) is 37.3 Å². The number of hydrogen-bond acceptors (Lipinski definition) is 7. The molecule has 5 rings (SSSR count). The Kier molecular flexibility index (Phi) is 6.26. The van der Waals surface area contributed by atoms with Crippen molar-refractivity contribution < 1.29 is 9.52 Å². The van der Waals surface area contributed by atoms with Gasteiger partial charge >= 0.3 is 0 Å². The van der Waals surface area contributed by atoms with Crippen LogP contribution in [0.15, 0.2) is 53.4 Å². The third-order valence-corrected chi connectivity index (χ3v) is 6.41. The highest BCUT2D eigenvalue weighted by Crippen LogP contribution is 2.33. The van der Waals surface area contributed by atoms with Crippen LogP contribution in [-0.2, 0) is 6.54 Å². The Labute approximate surface area is 193 Å². The maximum Gasteiger partial charge on any atom is 0.227 e. The molecule has 0 amide bonds. The highest BCUT2D eigenvalue weighted by Gasteiger charge is 2.22. The second kappa shape index (κ2) is 9.62. The molecule has 0 bridgehead atoms. The van der Waals surface area contributed by atoms with Gasteiger partial charge in [0.25, 0.3) is 0 Å². The van der Waals surface area contributed by atoms with Gasteiger partial charge in [0.15, 0.2) is 17.0 Å². The summed E-state index contributed by atoms with van der Waals surface area (Å²) in [6.45, 7) is 2.67. The maximum atomic E-state index is 9.64. The SMILES string of the molecule is CC[C@H](CO)Nc1nc(NCc2ccc(-c3ccco3)cc2)c2ncn(C3CCCC3)c2n1. The first-order valence-electron chi connectivity index (χ1n) is 11.7. The molecular formula is C25H30N6O2. The fourth-order valence-corrected chi connectivity index (χ4v) is 4.43. The molecule has 3 aromatic heterocycles. The molecule has 8 nitrogen and oxygen atoms in total. The molecule has 3 N–H and O–H groups in total. The van der Waals surface area contributed by atoms with Gasteiger partial charge in [0.05, 0.1) is 25.2 Å². The van der Waals surface area contributed by atoms with Crippen molar-refractivity contribution in [1.82, 2.24) is 19.5 Å². The second-order valence-electron chi connectivity index (χ2n) is 8.62. The lowest BCUT2D eigenvalue weighted by Gasteiger charge is -2.17. The summed E-state index contributed by atoms with van der Waals surface area (Å²) in [6.07, 6.45) is 9.14. The molecule has 3 heterocycles. The van der Waals surface area contributed by atoms with Gasteiger partial charge in [0.1, 0.15) is 5.76 Å².